The quantitative estimate of drug-likeness (QED) is 0.589. The van der Waals surface area contributed by atoms with Crippen LogP contribution in [0.2, 0.25) is 0 Å². The molecule has 90 valence electrons. The first kappa shape index (κ1) is 12.9. The second-order valence-electron chi connectivity index (χ2n) is 3.71. The third kappa shape index (κ3) is 4.89. The second kappa shape index (κ2) is 5.76. The van der Waals surface area contributed by atoms with E-state index in [9.17, 15) is 8.42 Å². The van der Waals surface area contributed by atoms with Gasteiger partial charge in [0.15, 0.2) is 0 Å². The van der Waals surface area contributed by atoms with E-state index in [4.69, 9.17) is 10.5 Å². The summed E-state index contributed by atoms with van der Waals surface area (Å²) in [6, 6.07) is 0. The molecule has 6 nitrogen and oxygen atoms in total. The largest absolute Gasteiger partial charge is 0.374 e. The minimum Gasteiger partial charge on any atom is -0.374 e. The van der Waals surface area contributed by atoms with Crippen LogP contribution in [-0.4, -0.2) is 65.0 Å². The first-order valence-corrected chi connectivity index (χ1v) is 6.66. The normalized spacial score (nSPS) is 24.3. The molecule has 1 unspecified atom stereocenters. The van der Waals surface area contributed by atoms with Crippen molar-refractivity contribution < 1.29 is 13.2 Å². The fourth-order valence-electron chi connectivity index (χ4n) is 1.44. The minimum absolute atomic E-state index is 0.0322. The molecule has 0 saturated carbocycles. The van der Waals surface area contributed by atoms with Gasteiger partial charge in [-0.3, -0.25) is 0 Å². The Morgan fingerprint density at radius 1 is 1.60 bits per heavy atom. The van der Waals surface area contributed by atoms with Gasteiger partial charge in [0, 0.05) is 26.2 Å². The van der Waals surface area contributed by atoms with Gasteiger partial charge in [-0.25, -0.2) is 13.1 Å². The highest BCUT2D eigenvalue weighted by atomic mass is 32.2. The van der Waals surface area contributed by atoms with Crippen molar-refractivity contribution in [2.24, 2.45) is 5.73 Å². The van der Waals surface area contributed by atoms with Gasteiger partial charge in [-0.1, -0.05) is 0 Å². The van der Waals surface area contributed by atoms with Gasteiger partial charge in [-0.2, -0.15) is 0 Å². The predicted octanol–water partition coefficient (Wildman–Crippen LogP) is -1.80. The van der Waals surface area contributed by atoms with E-state index >= 15 is 0 Å². The zero-order valence-corrected chi connectivity index (χ0v) is 9.79. The average molecular weight is 237 g/mol. The third-order valence-corrected chi connectivity index (χ3v) is 3.64. The SMILES string of the molecule is CN1CCOC(CNS(=O)(=O)CCN)C1. The van der Waals surface area contributed by atoms with Gasteiger partial charge in [0.05, 0.1) is 18.5 Å². The number of morpholine rings is 1. The van der Waals surface area contributed by atoms with Gasteiger partial charge in [0.1, 0.15) is 0 Å². The molecular formula is C8H19N3O3S. The second-order valence-corrected chi connectivity index (χ2v) is 5.64. The lowest BCUT2D eigenvalue weighted by molar-refractivity contribution is -0.0156. The highest BCUT2D eigenvalue weighted by Crippen LogP contribution is 2.01. The van der Waals surface area contributed by atoms with Crippen molar-refractivity contribution in [2.45, 2.75) is 6.10 Å². The van der Waals surface area contributed by atoms with Crippen molar-refractivity contribution in [1.29, 1.82) is 0 Å². The molecule has 0 aromatic rings. The standard InChI is InChI=1S/C8H19N3O3S/c1-11-3-4-14-8(7-11)6-10-15(12,13)5-2-9/h8,10H,2-7,9H2,1H3. The zero-order valence-electron chi connectivity index (χ0n) is 8.98. The Bertz CT molecular complexity index is 281. The molecule has 1 atom stereocenters. The number of nitrogens with two attached hydrogens (primary N) is 1. The lowest BCUT2D eigenvalue weighted by Gasteiger charge is -2.30. The van der Waals surface area contributed by atoms with E-state index in [2.05, 4.69) is 9.62 Å². The van der Waals surface area contributed by atoms with Crippen molar-refractivity contribution in [3.05, 3.63) is 0 Å². The van der Waals surface area contributed by atoms with Crippen molar-refractivity contribution >= 4 is 10.0 Å². The third-order valence-electron chi connectivity index (χ3n) is 2.26. The molecule has 1 aliphatic heterocycles. The predicted molar refractivity (Wildman–Crippen MR) is 58.1 cm³/mol. The Morgan fingerprint density at radius 3 is 2.93 bits per heavy atom. The number of sulfonamides is 1. The molecule has 0 spiro atoms. The van der Waals surface area contributed by atoms with Gasteiger partial charge >= 0.3 is 0 Å². The molecule has 1 saturated heterocycles. The molecule has 0 amide bonds. The van der Waals surface area contributed by atoms with Crippen LogP contribution in [0.15, 0.2) is 0 Å². The van der Waals surface area contributed by atoms with E-state index in [1.54, 1.807) is 0 Å². The Labute approximate surface area is 90.8 Å². The number of ether oxygens (including phenoxy) is 1. The number of nitrogens with one attached hydrogen (secondary N) is 1. The Balaban J connectivity index is 2.30. The van der Waals surface area contributed by atoms with Crippen molar-refractivity contribution in [3.63, 3.8) is 0 Å². The van der Waals surface area contributed by atoms with Gasteiger partial charge in [0.2, 0.25) is 10.0 Å². The van der Waals surface area contributed by atoms with Crippen LogP contribution in [0.5, 0.6) is 0 Å². The van der Waals surface area contributed by atoms with E-state index in [1.165, 1.54) is 0 Å². The molecule has 0 radical (unpaired) electrons. The fraction of sp³-hybridized carbons (Fsp3) is 1.00. The monoisotopic (exact) mass is 237 g/mol. The highest BCUT2D eigenvalue weighted by molar-refractivity contribution is 7.89. The summed E-state index contributed by atoms with van der Waals surface area (Å²) in [4.78, 5) is 2.12. The molecule has 0 bridgehead atoms. The number of likely N-dealkylation sites (N-methyl/N-ethyl adjacent to an activating group) is 1. The molecule has 0 aromatic carbocycles. The van der Waals surface area contributed by atoms with Crippen LogP contribution in [0, 0.1) is 0 Å². The molecule has 7 heteroatoms. The van der Waals surface area contributed by atoms with Crippen LogP contribution >= 0.6 is 0 Å². The number of nitrogens with zero attached hydrogens (tertiary/aromatic N) is 1. The number of hydrogen-bond acceptors (Lipinski definition) is 5. The molecule has 1 heterocycles. The lowest BCUT2D eigenvalue weighted by Crippen LogP contribution is -2.46. The molecule has 1 rings (SSSR count). The van der Waals surface area contributed by atoms with Crippen LogP contribution in [0.4, 0.5) is 0 Å². The molecule has 1 fully saturated rings. The Hall–Kier alpha value is -0.210. The average Bonchev–Trinajstić information content (AvgIpc) is 2.15. The van der Waals surface area contributed by atoms with Gasteiger partial charge in [0.25, 0.3) is 0 Å². The topological polar surface area (TPSA) is 84.7 Å². The number of hydrogen-bond donors (Lipinski definition) is 2. The van der Waals surface area contributed by atoms with Gasteiger partial charge in [-0.05, 0) is 7.05 Å². The molecule has 3 N–H and O–H groups in total. The van der Waals surface area contributed by atoms with Crippen molar-refractivity contribution in [3.8, 4) is 0 Å². The maximum Gasteiger partial charge on any atom is 0.212 e. The maximum atomic E-state index is 11.3. The minimum atomic E-state index is -3.22. The zero-order chi connectivity index (χ0) is 11.3. The Kier molecular flexibility index (Phi) is 4.94. The van der Waals surface area contributed by atoms with Crippen molar-refractivity contribution in [2.75, 3.05) is 45.6 Å². The summed E-state index contributed by atoms with van der Waals surface area (Å²) in [5.74, 6) is -0.0322. The first-order valence-electron chi connectivity index (χ1n) is 5.01. The summed E-state index contributed by atoms with van der Waals surface area (Å²) in [6.45, 7) is 2.77. The summed E-state index contributed by atoms with van der Waals surface area (Å²) in [6.07, 6.45) is -0.0590. The summed E-state index contributed by atoms with van der Waals surface area (Å²) >= 11 is 0. The van der Waals surface area contributed by atoms with Gasteiger partial charge in [-0.15, -0.1) is 0 Å². The Morgan fingerprint density at radius 2 is 2.33 bits per heavy atom. The van der Waals surface area contributed by atoms with E-state index in [-0.39, 0.29) is 18.4 Å². The van der Waals surface area contributed by atoms with Crippen molar-refractivity contribution in [1.82, 2.24) is 9.62 Å². The highest BCUT2D eigenvalue weighted by Gasteiger charge is 2.19. The van der Waals surface area contributed by atoms with Crippen LogP contribution in [-0.2, 0) is 14.8 Å². The van der Waals surface area contributed by atoms with Crippen LogP contribution < -0.4 is 10.5 Å². The van der Waals surface area contributed by atoms with Crippen LogP contribution in [0.25, 0.3) is 0 Å². The van der Waals surface area contributed by atoms with E-state index in [0.717, 1.165) is 13.1 Å². The van der Waals surface area contributed by atoms with E-state index < -0.39 is 10.0 Å². The molecule has 15 heavy (non-hydrogen) atoms. The summed E-state index contributed by atoms with van der Waals surface area (Å²) in [7, 11) is -1.23. The first-order chi connectivity index (χ1) is 7.03. The lowest BCUT2D eigenvalue weighted by atomic mass is 10.3. The molecule has 0 aromatic heterocycles. The van der Waals surface area contributed by atoms with Crippen LogP contribution in [0.1, 0.15) is 0 Å². The molecule has 1 aliphatic rings. The van der Waals surface area contributed by atoms with E-state index in [0.29, 0.717) is 13.2 Å². The van der Waals surface area contributed by atoms with E-state index in [1.807, 2.05) is 7.05 Å². The van der Waals surface area contributed by atoms with Crippen LogP contribution in [0.3, 0.4) is 0 Å². The summed E-state index contributed by atoms with van der Waals surface area (Å²) in [5, 5.41) is 0. The number of rotatable bonds is 5. The molecular weight excluding hydrogens is 218 g/mol. The fourth-order valence-corrected chi connectivity index (χ4v) is 2.33. The molecule has 0 aliphatic carbocycles. The maximum absolute atomic E-state index is 11.3. The van der Waals surface area contributed by atoms with Gasteiger partial charge < -0.3 is 15.4 Å². The summed E-state index contributed by atoms with van der Waals surface area (Å²) < 4.78 is 30.5. The smallest absolute Gasteiger partial charge is 0.212 e. The summed E-state index contributed by atoms with van der Waals surface area (Å²) in [5.41, 5.74) is 5.19.